The quantitative estimate of drug-likeness (QED) is 0.517. The van der Waals surface area contributed by atoms with Gasteiger partial charge in [0.05, 0.1) is 26.7 Å². The van der Waals surface area contributed by atoms with Crippen LogP contribution in [0.4, 0.5) is 5.82 Å². The number of hydrogen-bond acceptors (Lipinski definition) is 7. The van der Waals surface area contributed by atoms with Crippen LogP contribution in [0.15, 0.2) is 40.2 Å². The number of rotatable bonds is 4. The lowest BCUT2D eigenvalue weighted by Crippen LogP contribution is -2.45. The zero-order chi connectivity index (χ0) is 24.1. The van der Waals surface area contributed by atoms with E-state index in [1.54, 1.807) is 29.0 Å². The fraction of sp³-hybridized carbons (Fsp3) is 0.375. The van der Waals surface area contributed by atoms with E-state index in [0.717, 1.165) is 54.0 Å². The van der Waals surface area contributed by atoms with Gasteiger partial charge in [-0.1, -0.05) is 11.6 Å². The maximum absolute atomic E-state index is 12.8. The number of carbonyl (C=O) groups excluding carboxylic acids is 2. The lowest BCUT2D eigenvalue weighted by Gasteiger charge is -2.34. The van der Waals surface area contributed by atoms with Gasteiger partial charge in [0.15, 0.2) is 0 Å². The van der Waals surface area contributed by atoms with Gasteiger partial charge in [-0.15, -0.1) is 24.2 Å². The number of aromatic nitrogens is 3. The average molecular weight is 547 g/mol. The van der Waals surface area contributed by atoms with Crippen LogP contribution in [0.25, 0.3) is 11.0 Å². The molecule has 2 amide bonds. The van der Waals surface area contributed by atoms with E-state index in [4.69, 9.17) is 11.6 Å². The molecule has 188 valence electrons. The van der Waals surface area contributed by atoms with E-state index in [1.807, 2.05) is 6.07 Å². The van der Waals surface area contributed by atoms with Gasteiger partial charge < -0.3 is 20.1 Å². The van der Waals surface area contributed by atoms with E-state index in [-0.39, 0.29) is 41.7 Å². The topological polar surface area (TPSA) is 109 Å². The number of amides is 2. The van der Waals surface area contributed by atoms with Crippen LogP contribution in [0.5, 0.6) is 0 Å². The van der Waals surface area contributed by atoms with Crippen molar-refractivity contribution >= 4 is 64.4 Å². The number of anilines is 1. The van der Waals surface area contributed by atoms with E-state index in [9.17, 15) is 14.4 Å². The largest absolute Gasteiger partial charge is 0.348 e. The van der Waals surface area contributed by atoms with Gasteiger partial charge in [0.25, 0.3) is 11.5 Å². The maximum Gasteiger partial charge on any atom is 0.270 e. The lowest BCUT2D eigenvalue weighted by atomic mass is 9.98. The summed E-state index contributed by atoms with van der Waals surface area (Å²) in [4.78, 5) is 48.8. The van der Waals surface area contributed by atoms with Crippen molar-refractivity contribution in [3.8, 4) is 0 Å². The molecule has 3 aromatic rings. The number of nitrogens with zero attached hydrogens (tertiary/aromatic N) is 4. The Hall–Kier alpha value is -2.66. The van der Waals surface area contributed by atoms with Crippen molar-refractivity contribution in [3.63, 3.8) is 0 Å². The molecule has 9 nitrogen and oxygen atoms in total. The highest BCUT2D eigenvalue weighted by atomic mass is 35.5. The molecule has 6 rings (SSSR count). The molecule has 0 aliphatic carbocycles. The predicted molar refractivity (Wildman–Crippen MR) is 142 cm³/mol. The molecule has 3 aliphatic rings. The number of pyridine rings is 3. The smallest absolute Gasteiger partial charge is 0.270 e. The number of piperidine rings is 1. The lowest BCUT2D eigenvalue weighted by molar-refractivity contribution is -0.113. The fourth-order valence-corrected chi connectivity index (χ4v) is 6.26. The third-order valence-electron chi connectivity index (χ3n) is 6.91. The number of fused-ring (bicyclic) bond motifs is 1. The van der Waals surface area contributed by atoms with Crippen molar-refractivity contribution in [2.24, 2.45) is 0 Å². The maximum atomic E-state index is 12.8. The number of nitrogens with one attached hydrogen (secondary N) is 2. The molecule has 0 bridgehead atoms. The van der Waals surface area contributed by atoms with E-state index < -0.39 is 0 Å². The molecule has 0 radical (unpaired) electrons. The normalized spacial score (nSPS) is 19.5. The van der Waals surface area contributed by atoms with Gasteiger partial charge in [-0.05, 0) is 31.0 Å². The van der Waals surface area contributed by atoms with E-state index in [0.29, 0.717) is 28.8 Å². The Kier molecular flexibility index (Phi) is 6.95. The number of hydrogen-bond donors (Lipinski definition) is 2. The molecular formula is C24H24Cl2N6O3S. The van der Waals surface area contributed by atoms with E-state index in [2.05, 4.69) is 25.5 Å². The van der Waals surface area contributed by atoms with Gasteiger partial charge in [-0.3, -0.25) is 19.4 Å². The highest BCUT2D eigenvalue weighted by Gasteiger charge is 2.31. The van der Waals surface area contributed by atoms with Crippen LogP contribution in [0.3, 0.4) is 0 Å². The Morgan fingerprint density at radius 3 is 2.81 bits per heavy atom. The van der Waals surface area contributed by atoms with E-state index >= 15 is 0 Å². The van der Waals surface area contributed by atoms with Crippen molar-refractivity contribution in [3.05, 3.63) is 57.1 Å². The van der Waals surface area contributed by atoms with Crippen LogP contribution in [0, 0.1) is 0 Å². The first-order chi connectivity index (χ1) is 17.0. The summed E-state index contributed by atoms with van der Waals surface area (Å²) in [5.41, 5.74) is 2.93. The summed E-state index contributed by atoms with van der Waals surface area (Å²) in [6, 6.07) is 6.91. The molecule has 0 spiro atoms. The Morgan fingerprint density at radius 2 is 2.00 bits per heavy atom. The van der Waals surface area contributed by atoms with Crippen molar-refractivity contribution < 1.29 is 9.59 Å². The van der Waals surface area contributed by atoms with Gasteiger partial charge in [-0.25, -0.2) is 4.98 Å². The van der Waals surface area contributed by atoms with Crippen molar-refractivity contribution in [1.29, 1.82) is 0 Å². The molecule has 36 heavy (non-hydrogen) atoms. The van der Waals surface area contributed by atoms with Crippen molar-refractivity contribution in [1.82, 2.24) is 24.8 Å². The number of thioether (sulfide) groups is 1. The molecule has 1 atom stereocenters. The van der Waals surface area contributed by atoms with Gasteiger partial charge in [-0.2, -0.15) is 0 Å². The molecule has 12 heteroatoms. The highest BCUT2D eigenvalue weighted by molar-refractivity contribution is 8.00. The molecule has 3 aromatic heterocycles. The molecule has 3 aliphatic heterocycles. The standard InChI is InChI=1S/C24H23ClN6O3S.ClH/c25-15-9-26-16-2-4-20(33)31-11-13(21(15)22(16)31)10-30-7-5-14(6-8-30)27-24(34)17-1-3-18-23(28-17)29-19(32)12-35-18;/h1-4,9,13-14H,5-8,10-12H2,(H,27,34)(H,28,29,32);1H. The second-order valence-corrected chi connectivity index (χ2v) is 10.6. The van der Waals surface area contributed by atoms with Crippen LogP contribution in [0.2, 0.25) is 5.02 Å². The van der Waals surface area contributed by atoms with Gasteiger partial charge in [0, 0.05) is 56.0 Å². The average Bonchev–Trinajstić information content (AvgIpc) is 3.24. The van der Waals surface area contributed by atoms with Crippen LogP contribution >= 0.6 is 35.8 Å². The van der Waals surface area contributed by atoms with Crippen LogP contribution in [0.1, 0.15) is 34.8 Å². The molecule has 6 heterocycles. The predicted octanol–water partition coefficient (Wildman–Crippen LogP) is 2.90. The first-order valence-corrected chi connectivity index (χ1v) is 13.0. The van der Waals surface area contributed by atoms with Crippen LogP contribution in [-0.4, -0.2) is 62.7 Å². The minimum absolute atomic E-state index is 0. The van der Waals surface area contributed by atoms with Gasteiger partial charge in [0.1, 0.15) is 11.5 Å². The number of carbonyl (C=O) groups is 2. The van der Waals surface area contributed by atoms with Crippen molar-refractivity contribution in [2.75, 3.05) is 30.7 Å². The molecule has 1 unspecified atom stereocenters. The second-order valence-electron chi connectivity index (χ2n) is 9.16. The SMILES string of the molecule is Cl.O=C1CSc2ccc(C(=O)NC3CCN(CC4Cn5c(=O)ccc6ncc(Cl)c4c65)CC3)nc2N1. The summed E-state index contributed by atoms with van der Waals surface area (Å²) in [5, 5.41) is 6.42. The third-order valence-corrected chi connectivity index (χ3v) is 8.26. The molecule has 0 aromatic carbocycles. The second kappa shape index (κ2) is 10.0. The Morgan fingerprint density at radius 1 is 1.19 bits per heavy atom. The van der Waals surface area contributed by atoms with Crippen LogP contribution in [-0.2, 0) is 11.3 Å². The van der Waals surface area contributed by atoms with Gasteiger partial charge in [0.2, 0.25) is 5.91 Å². The third kappa shape index (κ3) is 4.58. The zero-order valence-corrected chi connectivity index (χ0v) is 21.6. The molecule has 0 saturated carbocycles. The Bertz CT molecular complexity index is 1420. The van der Waals surface area contributed by atoms with E-state index in [1.165, 1.54) is 11.8 Å². The van der Waals surface area contributed by atoms with Gasteiger partial charge >= 0.3 is 0 Å². The molecule has 1 saturated heterocycles. The fourth-order valence-electron chi connectivity index (χ4n) is 5.22. The first kappa shape index (κ1) is 25.0. The first-order valence-electron chi connectivity index (χ1n) is 11.6. The monoisotopic (exact) mass is 546 g/mol. The summed E-state index contributed by atoms with van der Waals surface area (Å²) in [5.74, 6) is 0.605. The van der Waals surface area contributed by atoms with Crippen molar-refractivity contribution in [2.45, 2.75) is 36.2 Å². The molecule has 1 fully saturated rings. The minimum Gasteiger partial charge on any atom is -0.348 e. The number of likely N-dealkylation sites (tertiary alicyclic amines) is 1. The molecular weight excluding hydrogens is 523 g/mol. The van der Waals surface area contributed by atoms with Crippen LogP contribution < -0.4 is 16.2 Å². The summed E-state index contributed by atoms with van der Waals surface area (Å²) < 4.78 is 1.79. The Labute approximate surface area is 222 Å². The number of halogens is 2. The summed E-state index contributed by atoms with van der Waals surface area (Å²) in [6.07, 6.45) is 3.32. The summed E-state index contributed by atoms with van der Waals surface area (Å²) in [7, 11) is 0. The molecule has 2 N–H and O–H groups in total. The Balaban J connectivity index is 0.00000267. The minimum atomic E-state index is -0.229. The highest BCUT2D eigenvalue weighted by Crippen LogP contribution is 2.37. The zero-order valence-electron chi connectivity index (χ0n) is 19.2. The summed E-state index contributed by atoms with van der Waals surface area (Å²) in [6.45, 7) is 3.07. The summed E-state index contributed by atoms with van der Waals surface area (Å²) >= 11 is 7.94.